The summed E-state index contributed by atoms with van der Waals surface area (Å²) >= 11 is 1.48. The summed E-state index contributed by atoms with van der Waals surface area (Å²) in [6.45, 7) is 1.63. The van der Waals surface area contributed by atoms with Crippen molar-refractivity contribution >= 4 is 47.0 Å². The molecular weight excluding hydrogens is 440 g/mol. The molecule has 1 amide bonds. The molecule has 7 heteroatoms. The van der Waals surface area contributed by atoms with E-state index in [1.807, 2.05) is 24.3 Å². The minimum atomic E-state index is -0.0396. The van der Waals surface area contributed by atoms with E-state index < -0.39 is 0 Å². The molecule has 2 aromatic rings. The monoisotopic (exact) mass is 466 g/mol. The number of benzene rings is 2. The number of hydrogen-bond acceptors (Lipinski definition) is 5. The second kappa shape index (κ2) is 10.4. The van der Waals surface area contributed by atoms with Gasteiger partial charge in [0, 0.05) is 12.5 Å². The van der Waals surface area contributed by atoms with Crippen LogP contribution in [0.5, 0.6) is 0 Å². The molecule has 0 bridgehead atoms. The number of rotatable bonds is 4. The average molecular weight is 467 g/mol. The maximum Gasteiger partial charge on any atom is 0.253 e. The topological polar surface area (TPSA) is 57.1 Å². The van der Waals surface area contributed by atoms with Crippen molar-refractivity contribution in [3.63, 3.8) is 0 Å². The largest absolute Gasteiger partial charge is 0.363 e. The molecule has 1 aliphatic carbocycles. The normalized spacial score (nSPS) is 23.1. The number of nitrogens with zero attached hydrogens (tertiary/aromatic N) is 3. The molecule has 1 fully saturated rings. The lowest BCUT2D eigenvalue weighted by Gasteiger charge is -2.29. The summed E-state index contributed by atoms with van der Waals surface area (Å²) in [4.78, 5) is 17.7. The van der Waals surface area contributed by atoms with Crippen molar-refractivity contribution in [2.24, 2.45) is 16.0 Å². The third kappa shape index (κ3) is 4.76. The van der Waals surface area contributed by atoms with Crippen LogP contribution in [0.25, 0.3) is 6.08 Å². The maximum atomic E-state index is 13.3. The van der Waals surface area contributed by atoms with Crippen LogP contribution in [0.3, 0.4) is 0 Å². The van der Waals surface area contributed by atoms with Crippen molar-refractivity contribution in [1.29, 1.82) is 0 Å². The number of amides is 1. The van der Waals surface area contributed by atoms with E-state index in [0.29, 0.717) is 5.75 Å². The van der Waals surface area contributed by atoms with Gasteiger partial charge in [0.05, 0.1) is 24.1 Å². The van der Waals surface area contributed by atoms with Crippen LogP contribution in [-0.2, 0) is 4.79 Å². The zero-order chi connectivity index (χ0) is 21.0. The quantitative estimate of drug-likeness (QED) is 0.695. The molecule has 0 saturated heterocycles. The summed E-state index contributed by atoms with van der Waals surface area (Å²) in [5.74, 6) is 0.620. The number of allylic oxidation sites excluding steroid dienone is 1. The Labute approximate surface area is 199 Å². The van der Waals surface area contributed by atoms with Crippen molar-refractivity contribution in [2.75, 3.05) is 18.8 Å². The van der Waals surface area contributed by atoms with Crippen LogP contribution in [0, 0.1) is 5.92 Å². The lowest BCUT2D eigenvalue weighted by Crippen LogP contribution is -2.33. The van der Waals surface area contributed by atoms with Gasteiger partial charge in [0.15, 0.2) is 5.17 Å². The molecule has 1 saturated carbocycles. The number of carbonyl (C=O) groups excluding carboxylic acids is 1. The van der Waals surface area contributed by atoms with Gasteiger partial charge in [0.2, 0.25) is 0 Å². The highest BCUT2D eigenvalue weighted by Crippen LogP contribution is 2.44. The van der Waals surface area contributed by atoms with Gasteiger partial charge in [-0.25, -0.2) is 5.01 Å². The fourth-order valence-electron chi connectivity index (χ4n) is 4.61. The average Bonchev–Trinajstić information content (AvgIpc) is 3.47. The van der Waals surface area contributed by atoms with Gasteiger partial charge < -0.3 is 5.32 Å². The molecule has 1 N–H and O–H groups in total. The van der Waals surface area contributed by atoms with E-state index in [9.17, 15) is 4.79 Å². The number of thioether (sulfide) groups is 1. The summed E-state index contributed by atoms with van der Waals surface area (Å²) in [7, 11) is 0. The first-order valence-electron chi connectivity index (χ1n) is 10.9. The van der Waals surface area contributed by atoms with Crippen molar-refractivity contribution in [2.45, 2.75) is 25.3 Å². The Morgan fingerprint density at radius 3 is 2.59 bits per heavy atom. The summed E-state index contributed by atoms with van der Waals surface area (Å²) in [6, 6.07) is 20.7. The molecular formula is C25H27ClN4OS. The number of hydrogen-bond donors (Lipinski definition) is 1. The maximum absolute atomic E-state index is 13.3. The molecule has 5 rings (SSSR count). The van der Waals surface area contributed by atoms with Crippen LogP contribution in [-0.4, -0.2) is 40.6 Å². The summed E-state index contributed by atoms with van der Waals surface area (Å²) in [6.07, 6.45) is 5.41. The van der Waals surface area contributed by atoms with E-state index in [1.54, 1.807) is 5.01 Å². The first-order valence-corrected chi connectivity index (χ1v) is 11.9. The Morgan fingerprint density at radius 1 is 1.12 bits per heavy atom. The van der Waals surface area contributed by atoms with Crippen molar-refractivity contribution in [3.8, 4) is 0 Å². The zero-order valence-corrected chi connectivity index (χ0v) is 19.4. The zero-order valence-electron chi connectivity index (χ0n) is 17.8. The minimum Gasteiger partial charge on any atom is -0.363 e. The van der Waals surface area contributed by atoms with Crippen molar-refractivity contribution in [3.05, 3.63) is 77.4 Å². The van der Waals surface area contributed by atoms with E-state index in [1.165, 1.54) is 22.9 Å². The van der Waals surface area contributed by atoms with Gasteiger partial charge in [0.1, 0.15) is 0 Å². The van der Waals surface area contributed by atoms with Gasteiger partial charge in [-0.05, 0) is 42.0 Å². The smallest absolute Gasteiger partial charge is 0.253 e. The Kier molecular flexibility index (Phi) is 7.33. The molecule has 2 aliphatic heterocycles. The number of halogens is 1. The highest BCUT2D eigenvalue weighted by Gasteiger charge is 2.43. The lowest BCUT2D eigenvalue weighted by atomic mass is 9.77. The summed E-state index contributed by atoms with van der Waals surface area (Å²) in [5, 5.41) is 10.8. The van der Waals surface area contributed by atoms with Crippen molar-refractivity contribution < 1.29 is 4.79 Å². The van der Waals surface area contributed by atoms with E-state index in [4.69, 9.17) is 5.10 Å². The third-order valence-corrected chi connectivity index (χ3v) is 6.95. The Bertz CT molecular complexity index is 1040. The minimum absolute atomic E-state index is 0. The highest BCUT2D eigenvalue weighted by molar-refractivity contribution is 8.14. The van der Waals surface area contributed by atoms with Crippen LogP contribution in [0.4, 0.5) is 0 Å². The number of amidine groups is 1. The molecule has 2 heterocycles. The van der Waals surface area contributed by atoms with Crippen LogP contribution < -0.4 is 5.32 Å². The molecule has 5 nitrogen and oxygen atoms in total. The molecule has 2 atom stereocenters. The summed E-state index contributed by atoms with van der Waals surface area (Å²) < 4.78 is 0. The van der Waals surface area contributed by atoms with Gasteiger partial charge >= 0.3 is 0 Å². The first kappa shape index (κ1) is 22.6. The number of carbonyl (C=O) groups is 1. The van der Waals surface area contributed by atoms with Gasteiger partial charge in [0.25, 0.3) is 5.91 Å². The second-order valence-corrected chi connectivity index (χ2v) is 9.02. The number of fused-ring (bicyclic) bond motifs is 1. The lowest BCUT2D eigenvalue weighted by molar-refractivity contribution is -0.130. The predicted molar refractivity (Wildman–Crippen MR) is 135 cm³/mol. The molecule has 2 unspecified atom stereocenters. The standard InChI is InChI=1S/C25H26N4OS.ClH/c30-22(17-31-25-26-14-15-27-25)29-24(19-10-5-2-6-11-19)21-13-7-12-20(23(21)28-29)16-18-8-3-1-4-9-18;/h1-6,8-11,16,21,24H,7,12-15,17H2,(H,26,27);1H/b20-16-;. The summed E-state index contributed by atoms with van der Waals surface area (Å²) in [5.41, 5.74) is 4.68. The van der Waals surface area contributed by atoms with Gasteiger partial charge in [-0.2, -0.15) is 5.10 Å². The van der Waals surface area contributed by atoms with E-state index in [-0.39, 0.29) is 30.3 Å². The number of aliphatic imine (C=N–C) groups is 1. The van der Waals surface area contributed by atoms with E-state index in [0.717, 1.165) is 48.8 Å². The molecule has 0 radical (unpaired) electrons. The fourth-order valence-corrected chi connectivity index (χ4v) is 5.39. The molecule has 2 aromatic carbocycles. The van der Waals surface area contributed by atoms with Crippen LogP contribution >= 0.6 is 24.2 Å². The van der Waals surface area contributed by atoms with Crippen LogP contribution in [0.2, 0.25) is 0 Å². The molecule has 32 heavy (non-hydrogen) atoms. The van der Waals surface area contributed by atoms with Crippen LogP contribution in [0.1, 0.15) is 36.4 Å². The van der Waals surface area contributed by atoms with E-state index >= 15 is 0 Å². The number of nitrogens with one attached hydrogen (secondary N) is 1. The molecule has 166 valence electrons. The SMILES string of the molecule is Cl.O=C(CSC1=NCCN1)N1N=C2/C(=C\c3ccccc3)CCCC2C1c1ccccc1. The third-order valence-electron chi connectivity index (χ3n) is 6.01. The van der Waals surface area contributed by atoms with Gasteiger partial charge in [-0.15, -0.1) is 12.4 Å². The highest BCUT2D eigenvalue weighted by atomic mass is 35.5. The van der Waals surface area contributed by atoms with E-state index in [2.05, 4.69) is 52.8 Å². The first-order chi connectivity index (χ1) is 15.3. The van der Waals surface area contributed by atoms with Crippen LogP contribution in [0.15, 0.2) is 76.3 Å². The number of hydrazone groups is 1. The molecule has 0 spiro atoms. The predicted octanol–water partition coefficient (Wildman–Crippen LogP) is 4.92. The Balaban J connectivity index is 0.00000245. The fraction of sp³-hybridized carbons (Fsp3) is 0.320. The molecule has 3 aliphatic rings. The Hall–Kier alpha value is -2.57. The van der Waals surface area contributed by atoms with Gasteiger partial charge in [-0.1, -0.05) is 72.4 Å². The van der Waals surface area contributed by atoms with Gasteiger partial charge in [-0.3, -0.25) is 9.79 Å². The molecule has 0 aromatic heterocycles. The second-order valence-electron chi connectivity index (χ2n) is 8.06. The van der Waals surface area contributed by atoms with Crippen molar-refractivity contribution in [1.82, 2.24) is 10.3 Å². The Morgan fingerprint density at radius 2 is 1.88 bits per heavy atom.